The van der Waals surface area contributed by atoms with Crippen LogP contribution >= 0.6 is 0 Å². The number of Topliss-reactive ketones (excluding diaryl/α,β-unsaturated/α-hetero) is 1. The van der Waals surface area contributed by atoms with Crippen LogP contribution in [-0.2, 0) is 0 Å². The van der Waals surface area contributed by atoms with Gasteiger partial charge in [0.2, 0.25) is 0 Å². The molecule has 1 saturated heterocycles. The molecule has 1 unspecified atom stereocenters. The van der Waals surface area contributed by atoms with E-state index in [4.69, 9.17) is 0 Å². The molecule has 1 aromatic rings. The molecule has 0 radical (unpaired) electrons. The number of nitrogens with zero attached hydrogens (tertiary/aromatic N) is 1. The second kappa shape index (κ2) is 5.97. The Hall–Kier alpha value is -1.33. The van der Waals surface area contributed by atoms with Crippen molar-refractivity contribution in [1.82, 2.24) is 4.90 Å². The van der Waals surface area contributed by atoms with Crippen molar-refractivity contribution < 1.29 is 18.7 Å². The Morgan fingerprint density at radius 3 is 2.80 bits per heavy atom. The lowest BCUT2D eigenvalue weighted by molar-refractivity contribution is 0.0444. The number of ketones is 1. The summed E-state index contributed by atoms with van der Waals surface area (Å²) < 4.78 is 26.4. The fraction of sp³-hybridized carbons (Fsp3) is 0.533. The summed E-state index contributed by atoms with van der Waals surface area (Å²) >= 11 is 0. The SMILES string of the molecule is CC1(O)CCCN(CC(=O)c2ccc(F)cc2F)CC1. The minimum absolute atomic E-state index is 0.0811. The summed E-state index contributed by atoms with van der Waals surface area (Å²) in [4.78, 5) is 14.0. The van der Waals surface area contributed by atoms with E-state index in [0.717, 1.165) is 18.6 Å². The highest BCUT2D eigenvalue weighted by molar-refractivity contribution is 5.97. The summed E-state index contributed by atoms with van der Waals surface area (Å²) in [5.41, 5.74) is -0.777. The van der Waals surface area contributed by atoms with E-state index in [1.165, 1.54) is 6.07 Å². The predicted octanol–water partition coefficient (Wildman–Crippen LogP) is 2.38. The highest BCUT2D eigenvalue weighted by Gasteiger charge is 2.26. The first-order valence-electron chi connectivity index (χ1n) is 6.80. The van der Waals surface area contributed by atoms with Crippen LogP contribution in [0.3, 0.4) is 0 Å². The van der Waals surface area contributed by atoms with Crippen molar-refractivity contribution in [2.24, 2.45) is 0 Å². The lowest BCUT2D eigenvalue weighted by atomic mass is 9.98. The number of benzene rings is 1. The number of hydrogen-bond acceptors (Lipinski definition) is 3. The Labute approximate surface area is 117 Å². The molecule has 1 atom stereocenters. The van der Waals surface area contributed by atoms with Gasteiger partial charge in [0.15, 0.2) is 5.78 Å². The van der Waals surface area contributed by atoms with Crippen LogP contribution in [0.1, 0.15) is 36.5 Å². The maximum atomic E-state index is 13.5. The third-order valence-corrected chi connectivity index (χ3v) is 3.76. The van der Waals surface area contributed by atoms with Gasteiger partial charge >= 0.3 is 0 Å². The lowest BCUT2D eigenvalue weighted by Gasteiger charge is -2.22. The molecule has 1 aliphatic rings. The topological polar surface area (TPSA) is 40.5 Å². The van der Waals surface area contributed by atoms with E-state index in [9.17, 15) is 18.7 Å². The molecule has 20 heavy (non-hydrogen) atoms. The summed E-state index contributed by atoms with van der Waals surface area (Å²) in [5, 5.41) is 9.98. The number of aliphatic hydroxyl groups is 1. The summed E-state index contributed by atoms with van der Waals surface area (Å²) in [6.07, 6.45) is 2.08. The number of carbonyl (C=O) groups is 1. The van der Waals surface area contributed by atoms with Gasteiger partial charge in [-0.25, -0.2) is 8.78 Å². The van der Waals surface area contributed by atoms with Gasteiger partial charge < -0.3 is 5.11 Å². The van der Waals surface area contributed by atoms with Gasteiger partial charge in [0.1, 0.15) is 11.6 Å². The lowest BCUT2D eigenvalue weighted by Crippen LogP contribution is -2.32. The standard InChI is InChI=1S/C15H19F2NO2/c1-15(20)5-2-7-18(8-6-15)10-14(19)12-4-3-11(16)9-13(12)17/h3-4,9,20H,2,5-8,10H2,1H3. The number of halogens is 2. The number of likely N-dealkylation sites (tertiary alicyclic amines) is 1. The molecule has 1 fully saturated rings. The van der Waals surface area contributed by atoms with Crippen molar-refractivity contribution >= 4 is 5.78 Å². The molecule has 0 saturated carbocycles. The van der Waals surface area contributed by atoms with E-state index in [0.29, 0.717) is 25.9 Å². The summed E-state index contributed by atoms with van der Waals surface area (Å²) in [7, 11) is 0. The van der Waals surface area contributed by atoms with Crippen LogP contribution in [0, 0.1) is 11.6 Å². The van der Waals surface area contributed by atoms with Gasteiger partial charge in [-0.2, -0.15) is 0 Å². The van der Waals surface area contributed by atoms with E-state index in [2.05, 4.69) is 0 Å². The van der Waals surface area contributed by atoms with Gasteiger partial charge in [0.25, 0.3) is 0 Å². The molecule has 1 heterocycles. The Balaban J connectivity index is 2.01. The van der Waals surface area contributed by atoms with E-state index in [1.807, 2.05) is 4.90 Å². The van der Waals surface area contributed by atoms with Crippen LogP contribution in [0.5, 0.6) is 0 Å². The minimum atomic E-state index is -0.822. The van der Waals surface area contributed by atoms with E-state index >= 15 is 0 Å². The average Bonchev–Trinajstić information content (AvgIpc) is 2.51. The van der Waals surface area contributed by atoms with Crippen molar-refractivity contribution in [2.45, 2.75) is 31.8 Å². The minimum Gasteiger partial charge on any atom is -0.390 e. The van der Waals surface area contributed by atoms with Crippen LogP contribution in [0.25, 0.3) is 0 Å². The van der Waals surface area contributed by atoms with Crippen LogP contribution < -0.4 is 0 Å². The van der Waals surface area contributed by atoms with E-state index < -0.39 is 17.2 Å². The average molecular weight is 283 g/mol. The van der Waals surface area contributed by atoms with Crippen LogP contribution in [0.4, 0.5) is 8.78 Å². The molecule has 5 heteroatoms. The Morgan fingerprint density at radius 1 is 1.35 bits per heavy atom. The number of hydrogen-bond donors (Lipinski definition) is 1. The molecule has 0 bridgehead atoms. The largest absolute Gasteiger partial charge is 0.390 e. The van der Waals surface area contributed by atoms with Crippen LogP contribution in [-0.4, -0.2) is 41.0 Å². The molecular formula is C15H19F2NO2. The maximum absolute atomic E-state index is 13.5. The van der Waals surface area contributed by atoms with Gasteiger partial charge in [-0.15, -0.1) is 0 Å². The normalized spacial score (nSPS) is 24.4. The first-order valence-corrected chi connectivity index (χ1v) is 6.80. The molecule has 0 aliphatic carbocycles. The van der Waals surface area contributed by atoms with E-state index in [1.54, 1.807) is 6.92 Å². The van der Waals surface area contributed by atoms with Crippen molar-refractivity contribution in [1.29, 1.82) is 0 Å². The predicted molar refractivity (Wildman–Crippen MR) is 71.6 cm³/mol. The molecular weight excluding hydrogens is 264 g/mol. The van der Waals surface area contributed by atoms with Crippen molar-refractivity contribution in [2.75, 3.05) is 19.6 Å². The smallest absolute Gasteiger partial charge is 0.179 e. The number of carbonyl (C=O) groups excluding carboxylic acids is 1. The second-order valence-corrected chi connectivity index (χ2v) is 5.67. The van der Waals surface area contributed by atoms with Crippen molar-refractivity contribution in [3.8, 4) is 0 Å². The maximum Gasteiger partial charge on any atom is 0.179 e. The molecule has 0 amide bonds. The van der Waals surface area contributed by atoms with Gasteiger partial charge in [-0.3, -0.25) is 9.69 Å². The first-order chi connectivity index (χ1) is 9.37. The fourth-order valence-electron chi connectivity index (χ4n) is 2.48. The zero-order valence-electron chi connectivity index (χ0n) is 11.5. The first kappa shape index (κ1) is 15.1. The quantitative estimate of drug-likeness (QED) is 0.866. The number of rotatable bonds is 3. The zero-order valence-corrected chi connectivity index (χ0v) is 11.5. The van der Waals surface area contributed by atoms with Crippen molar-refractivity contribution in [3.63, 3.8) is 0 Å². The summed E-state index contributed by atoms with van der Waals surface area (Å²) in [6.45, 7) is 3.18. The van der Waals surface area contributed by atoms with Crippen molar-refractivity contribution in [3.05, 3.63) is 35.4 Å². The zero-order chi connectivity index (χ0) is 14.8. The summed E-state index contributed by atoms with van der Waals surface area (Å²) in [6, 6.07) is 2.99. The molecule has 3 nitrogen and oxygen atoms in total. The monoisotopic (exact) mass is 283 g/mol. The molecule has 1 aromatic carbocycles. The Bertz CT molecular complexity index is 503. The summed E-state index contributed by atoms with van der Waals surface area (Å²) in [5.74, 6) is -1.87. The van der Waals surface area contributed by atoms with E-state index in [-0.39, 0.29) is 17.9 Å². The molecule has 1 aliphatic heterocycles. The van der Waals surface area contributed by atoms with Crippen LogP contribution in [0.2, 0.25) is 0 Å². The third kappa shape index (κ3) is 3.84. The van der Waals surface area contributed by atoms with Gasteiger partial charge in [-0.05, 0) is 44.9 Å². The van der Waals surface area contributed by atoms with Gasteiger partial charge in [-0.1, -0.05) is 0 Å². The highest BCUT2D eigenvalue weighted by atomic mass is 19.1. The van der Waals surface area contributed by atoms with Gasteiger partial charge in [0, 0.05) is 12.6 Å². The van der Waals surface area contributed by atoms with Crippen LogP contribution in [0.15, 0.2) is 18.2 Å². The molecule has 0 spiro atoms. The third-order valence-electron chi connectivity index (χ3n) is 3.76. The fourth-order valence-corrected chi connectivity index (χ4v) is 2.48. The molecule has 0 aromatic heterocycles. The molecule has 2 rings (SSSR count). The highest BCUT2D eigenvalue weighted by Crippen LogP contribution is 2.21. The van der Waals surface area contributed by atoms with Gasteiger partial charge in [0.05, 0.1) is 17.7 Å². The molecule has 1 N–H and O–H groups in total. The Morgan fingerprint density at radius 2 is 2.10 bits per heavy atom. The Kier molecular flexibility index (Phi) is 4.50. The molecule has 110 valence electrons. The second-order valence-electron chi connectivity index (χ2n) is 5.67.